The van der Waals surface area contributed by atoms with Gasteiger partial charge in [0.1, 0.15) is 11.6 Å². The molecule has 320 valence electrons. The summed E-state index contributed by atoms with van der Waals surface area (Å²) in [4.78, 5) is 37.9. The molecular formula is C41H62N14O4. The van der Waals surface area contributed by atoms with Gasteiger partial charge in [-0.2, -0.15) is 10.4 Å². The Morgan fingerprint density at radius 2 is 1.20 bits per heavy atom. The number of pyridine rings is 2. The zero-order valence-corrected chi connectivity index (χ0v) is 34.9. The largest absolute Gasteiger partial charge is 0.481 e. The second kappa shape index (κ2) is 20.2. The van der Waals surface area contributed by atoms with Crippen LogP contribution in [0.4, 0.5) is 11.6 Å². The van der Waals surface area contributed by atoms with E-state index >= 15 is 0 Å². The molecule has 0 aromatic carbocycles. The van der Waals surface area contributed by atoms with E-state index in [0.717, 1.165) is 81.4 Å². The molecule has 0 unspecified atom stereocenters. The Morgan fingerprint density at radius 3 is 1.53 bits per heavy atom. The lowest BCUT2D eigenvalue weighted by Gasteiger charge is -2.48. The average Bonchev–Trinajstić information content (AvgIpc) is 3.97. The minimum absolute atomic E-state index is 0.252. The van der Waals surface area contributed by atoms with Gasteiger partial charge >= 0.3 is 11.9 Å². The van der Waals surface area contributed by atoms with Crippen molar-refractivity contribution in [2.24, 2.45) is 40.7 Å². The normalized spacial score (nSPS) is 18.8. The Balaban J connectivity index is 0.000000199. The average molecular weight is 815 g/mol. The molecule has 4 aromatic rings. The van der Waals surface area contributed by atoms with E-state index in [2.05, 4.69) is 73.5 Å². The van der Waals surface area contributed by atoms with Crippen molar-refractivity contribution in [1.82, 2.24) is 56.5 Å². The fourth-order valence-electron chi connectivity index (χ4n) is 8.77. The van der Waals surface area contributed by atoms with Gasteiger partial charge in [0.2, 0.25) is 0 Å². The number of tetrazole rings is 2. The predicted octanol–water partition coefficient (Wildman–Crippen LogP) is 3.70. The van der Waals surface area contributed by atoms with Crippen LogP contribution in [0.2, 0.25) is 0 Å². The van der Waals surface area contributed by atoms with E-state index in [9.17, 15) is 19.8 Å². The van der Waals surface area contributed by atoms with E-state index in [1.54, 1.807) is 0 Å². The van der Waals surface area contributed by atoms with Crippen LogP contribution in [0.3, 0.4) is 0 Å². The number of anilines is 2. The molecule has 7 N–H and O–H groups in total. The highest BCUT2D eigenvalue weighted by molar-refractivity contribution is 5.71. The molecule has 18 heteroatoms. The molecule has 3 aliphatic heterocycles. The Labute approximate surface area is 345 Å². The van der Waals surface area contributed by atoms with E-state index in [1.165, 1.54) is 12.8 Å². The smallest absolute Gasteiger partial charge is 0.307 e. The number of hydrogen-bond acceptors (Lipinski definition) is 14. The van der Waals surface area contributed by atoms with Gasteiger partial charge in [0.05, 0.1) is 11.8 Å². The van der Waals surface area contributed by atoms with Crippen molar-refractivity contribution in [3.8, 4) is 0 Å². The molecule has 59 heavy (non-hydrogen) atoms. The molecule has 7 heterocycles. The van der Waals surface area contributed by atoms with Crippen molar-refractivity contribution in [3.05, 3.63) is 59.4 Å². The Morgan fingerprint density at radius 1 is 0.746 bits per heavy atom. The van der Waals surface area contributed by atoms with Crippen molar-refractivity contribution in [2.75, 3.05) is 55.6 Å². The molecule has 0 amide bonds. The third kappa shape index (κ3) is 11.6. The maximum Gasteiger partial charge on any atom is 0.307 e. The van der Waals surface area contributed by atoms with Crippen molar-refractivity contribution in [2.45, 2.75) is 90.9 Å². The van der Waals surface area contributed by atoms with Crippen LogP contribution >= 0.6 is 0 Å². The van der Waals surface area contributed by atoms with Crippen LogP contribution in [-0.2, 0) is 22.4 Å². The van der Waals surface area contributed by atoms with Crippen molar-refractivity contribution in [1.29, 1.82) is 0 Å². The number of carbonyl (C=O) groups is 2. The third-order valence-corrected chi connectivity index (χ3v) is 12.4. The van der Waals surface area contributed by atoms with Crippen LogP contribution < -0.4 is 20.9 Å². The van der Waals surface area contributed by atoms with Gasteiger partial charge in [-0.1, -0.05) is 50.3 Å². The SMILES string of the molecule is CC(C)C[C@H](C(=O)O)[C@H](Cc1ccc(N2CCC(CN)CC2)nc1)c1nn[nH]n1.CC(C)C[C@H](C(=O)O)[C@H](Cc1ccc(N2CCC3(CC2)CNC3)nc1)c1nn[nH]n1. The summed E-state index contributed by atoms with van der Waals surface area (Å²) in [6, 6.07) is 8.15. The lowest BCUT2D eigenvalue weighted by molar-refractivity contribution is -0.144. The Hall–Kier alpha value is -5.10. The monoisotopic (exact) mass is 815 g/mol. The minimum Gasteiger partial charge on any atom is -0.481 e. The summed E-state index contributed by atoms with van der Waals surface area (Å²) in [6.45, 7) is 15.1. The second-order valence-electron chi connectivity index (χ2n) is 17.6. The predicted molar refractivity (Wildman–Crippen MR) is 222 cm³/mol. The maximum absolute atomic E-state index is 12.0. The fraction of sp³-hybridized carbons (Fsp3) is 0.659. The van der Waals surface area contributed by atoms with Crippen LogP contribution in [0.5, 0.6) is 0 Å². The van der Waals surface area contributed by atoms with Gasteiger partial charge in [0, 0.05) is 63.5 Å². The molecule has 3 fully saturated rings. The van der Waals surface area contributed by atoms with Gasteiger partial charge in [-0.3, -0.25) is 9.59 Å². The topological polar surface area (TPSA) is 254 Å². The molecule has 4 aromatic heterocycles. The number of nitrogens with two attached hydrogens (primary N) is 1. The van der Waals surface area contributed by atoms with Crippen LogP contribution in [-0.4, -0.2) is 119 Å². The molecule has 0 bridgehead atoms. The highest BCUT2D eigenvalue weighted by atomic mass is 16.4. The molecule has 18 nitrogen and oxygen atoms in total. The zero-order chi connectivity index (χ0) is 41.9. The maximum atomic E-state index is 12.0. The van der Waals surface area contributed by atoms with Crippen LogP contribution in [0, 0.1) is 35.0 Å². The first-order valence-corrected chi connectivity index (χ1v) is 21.2. The van der Waals surface area contributed by atoms with E-state index < -0.39 is 23.8 Å². The molecule has 1 spiro atoms. The summed E-state index contributed by atoms with van der Waals surface area (Å²) in [5, 5.41) is 51.6. The molecule has 4 atom stereocenters. The molecular weight excluding hydrogens is 753 g/mol. The van der Waals surface area contributed by atoms with Crippen LogP contribution in [0.1, 0.15) is 101 Å². The third-order valence-electron chi connectivity index (χ3n) is 12.4. The van der Waals surface area contributed by atoms with Crippen LogP contribution in [0.25, 0.3) is 0 Å². The summed E-state index contributed by atoms with van der Waals surface area (Å²) in [5.41, 5.74) is 8.24. The number of nitrogens with zero attached hydrogens (tertiary/aromatic N) is 10. The van der Waals surface area contributed by atoms with Gasteiger partial charge in [-0.25, -0.2) is 9.97 Å². The first-order valence-electron chi connectivity index (χ1n) is 21.2. The standard InChI is InChI=1S/C21H31N7O2.C20H31N7O2/c1-14(2)9-17(20(29)30)16(19-24-26-27-25-19)10-15-3-4-18(23-11-15)28-7-5-21(6-8-28)12-22-13-21;1-13(2)9-17(20(28)29)16(19-23-25-26-24-19)10-15-3-4-18(22-12-15)27-7-5-14(11-21)6-8-27/h3-4,11,14,16-17,22H,5-10,12-13H2,1-2H3,(H,29,30)(H,24,25,26,27);3-4,12-14,16-17H,5-11,21H2,1-2H3,(H,28,29)(H,23,24,25,26)/t2*16-,17-/m00/s1. The van der Waals surface area contributed by atoms with Crippen LogP contribution in [0.15, 0.2) is 36.7 Å². The molecule has 7 rings (SSSR count). The molecule has 0 radical (unpaired) electrons. The van der Waals surface area contributed by atoms with E-state index in [0.29, 0.717) is 48.7 Å². The van der Waals surface area contributed by atoms with Gasteiger partial charge in [0.25, 0.3) is 0 Å². The van der Waals surface area contributed by atoms with Gasteiger partial charge in [-0.15, -0.1) is 20.4 Å². The molecule has 3 saturated heterocycles. The Bertz CT molecular complexity index is 1850. The minimum atomic E-state index is -0.833. The van der Waals surface area contributed by atoms with Gasteiger partial charge in [0.15, 0.2) is 11.6 Å². The second-order valence-corrected chi connectivity index (χ2v) is 17.6. The molecule has 0 saturated carbocycles. The van der Waals surface area contributed by atoms with Gasteiger partial charge < -0.3 is 31.1 Å². The Kier molecular flexibility index (Phi) is 14.9. The number of carboxylic acid groups (broad SMARTS) is 2. The fourth-order valence-corrected chi connectivity index (χ4v) is 8.77. The highest BCUT2D eigenvalue weighted by Gasteiger charge is 2.40. The number of nitrogens with one attached hydrogen (secondary N) is 3. The number of piperidine rings is 2. The highest BCUT2D eigenvalue weighted by Crippen LogP contribution is 2.37. The zero-order valence-electron chi connectivity index (χ0n) is 34.9. The number of aromatic amines is 2. The first kappa shape index (κ1) is 43.5. The number of rotatable bonds is 17. The van der Waals surface area contributed by atoms with E-state index in [4.69, 9.17) is 10.7 Å². The quantitative estimate of drug-likeness (QED) is 0.0889. The number of aliphatic carboxylic acids is 2. The first-order chi connectivity index (χ1) is 28.4. The lowest BCUT2D eigenvalue weighted by Crippen LogP contribution is -2.58. The van der Waals surface area contributed by atoms with E-state index in [1.807, 2.05) is 52.2 Å². The summed E-state index contributed by atoms with van der Waals surface area (Å²) in [6.07, 6.45) is 10.4. The molecule has 0 aliphatic carbocycles. The van der Waals surface area contributed by atoms with Crippen molar-refractivity contribution < 1.29 is 19.8 Å². The molecule has 3 aliphatic rings. The van der Waals surface area contributed by atoms with Crippen molar-refractivity contribution in [3.63, 3.8) is 0 Å². The summed E-state index contributed by atoms with van der Waals surface area (Å²) in [7, 11) is 0. The summed E-state index contributed by atoms with van der Waals surface area (Å²) >= 11 is 0. The lowest BCUT2D eigenvalue weighted by atomic mass is 9.73. The van der Waals surface area contributed by atoms with E-state index in [-0.39, 0.29) is 23.7 Å². The summed E-state index contributed by atoms with van der Waals surface area (Å²) in [5.74, 6) is 0.432. The summed E-state index contributed by atoms with van der Waals surface area (Å²) < 4.78 is 0. The van der Waals surface area contributed by atoms with Gasteiger partial charge in [-0.05, 0) is 104 Å². The number of hydrogen-bond donors (Lipinski definition) is 6. The number of carboxylic acids is 2. The number of H-pyrrole nitrogens is 2. The van der Waals surface area contributed by atoms with Crippen molar-refractivity contribution >= 4 is 23.6 Å². The number of aromatic nitrogens is 10.